The number of nitrogens with zero attached hydrogens (tertiary/aromatic N) is 1. The van der Waals surface area contributed by atoms with Gasteiger partial charge in [0, 0.05) is 19.8 Å². The van der Waals surface area contributed by atoms with E-state index in [0.29, 0.717) is 13.0 Å². The molecule has 1 fully saturated rings. The maximum atomic E-state index is 12.1. The van der Waals surface area contributed by atoms with Gasteiger partial charge in [0.25, 0.3) is 0 Å². The molecule has 1 aliphatic rings. The lowest BCUT2D eigenvalue weighted by Gasteiger charge is -2.26. The molecule has 0 aromatic rings. The summed E-state index contributed by atoms with van der Waals surface area (Å²) < 4.78 is 22.1. The Kier molecular flexibility index (Phi) is 5.30. The summed E-state index contributed by atoms with van der Waals surface area (Å²) in [5.74, 6) is -0.686. The largest absolute Gasteiger partial charge is 0.357 e. The van der Waals surface area contributed by atoms with E-state index in [4.69, 9.17) is 5.73 Å². The Morgan fingerprint density at radius 3 is 2.63 bits per heavy atom. The van der Waals surface area contributed by atoms with E-state index in [2.05, 4.69) is 5.32 Å². The number of nitrogens with one attached hydrogen (secondary N) is 1. The van der Waals surface area contributed by atoms with Gasteiger partial charge in [-0.1, -0.05) is 0 Å². The highest BCUT2D eigenvalue weighted by Crippen LogP contribution is 2.18. The molecule has 0 aliphatic carbocycles. The molecule has 7 nitrogen and oxygen atoms in total. The fourth-order valence-corrected chi connectivity index (χ4v) is 2.83. The number of nitrogens with two attached hydrogens (primary N) is 1. The van der Waals surface area contributed by atoms with Crippen molar-refractivity contribution in [2.24, 2.45) is 5.73 Å². The molecule has 1 aliphatic heterocycles. The fraction of sp³-hybridized carbons (Fsp3) is 0.818. The van der Waals surface area contributed by atoms with E-state index < -0.39 is 21.9 Å². The zero-order valence-corrected chi connectivity index (χ0v) is 12.1. The first kappa shape index (κ1) is 15.9. The minimum atomic E-state index is -3.14. The molecule has 0 radical (unpaired) electrons. The van der Waals surface area contributed by atoms with Crippen molar-refractivity contribution in [2.45, 2.75) is 31.3 Å². The van der Waals surface area contributed by atoms with Crippen LogP contribution in [0.25, 0.3) is 0 Å². The summed E-state index contributed by atoms with van der Waals surface area (Å²) in [6.45, 7) is 0.490. The smallest absolute Gasteiger partial charge is 0.242 e. The van der Waals surface area contributed by atoms with E-state index in [1.807, 2.05) is 0 Å². The number of likely N-dealkylation sites (N-methyl/N-ethyl adjacent to an activating group) is 1. The number of sulfone groups is 1. The predicted octanol–water partition coefficient (Wildman–Crippen LogP) is -1.51. The van der Waals surface area contributed by atoms with Gasteiger partial charge in [0.05, 0.1) is 11.8 Å². The first-order valence-corrected chi connectivity index (χ1v) is 8.27. The molecular weight excluding hydrogens is 270 g/mol. The minimum Gasteiger partial charge on any atom is -0.357 e. The minimum absolute atomic E-state index is 0.0780. The van der Waals surface area contributed by atoms with Gasteiger partial charge in [-0.2, -0.15) is 0 Å². The molecule has 0 aromatic heterocycles. The maximum Gasteiger partial charge on any atom is 0.242 e. The van der Waals surface area contributed by atoms with Crippen molar-refractivity contribution in [3.8, 4) is 0 Å². The number of likely N-dealkylation sites (tertiary alicyclic amines) is 1. The first-order chi connectivity index (χ1) is 8.76. The van der Waals surface area contributed by atoms with Crippen LogP contribution < -0.4 is 11.1 Å². The molecule has 0 aromatic carbocycles. The van der Waals surface area contributed by atoms with Crippen molar-refractivity contribution in [2.75, 3.05) is 25.6 Å². The van der Waals surface area contributed by atoms with E-state index in [1.54, 1.807) is 0 Å². The molecule has 8 heteroatoms. The number of rotatable bonds is 5. The van der Waals surface area contributed by atoms with Crippen molar-refractivity contribution >= 4 is 21.7 Å². The highest BCUT2D eigenvalue weighted by molar-refractivity contribution is 7.90. The van der Waals surface area contributed by atoms with Crippen molar-refractivity contribution in [1.29, 1.82) is 0 Å². The Labute approximate surface area is 113 Å². The number of hydrogen-bond acceptors (Lipinski definition) is 5. The summed E-state index contributed by atoms with van der Waals surface area (Å²) in [7, 11) is -1.62. The van der Waals surface area contributed by atoms with E-state index in [9.17, 15) is 18.0 Å². The van der Waals surface area contributed by atoms with Crippen LogP contribution in [-0.4, -0.2) is 62.8 Å². The monoisotopic (exact) mass is 291 g/mol. The molecule has 2 atom stereocenters. The topological polar surface area (TPSA) is 110 Å². The molecule has 110 valence electrons. The van der Waals surface area contributed by atoms with Gasteiger partial charge in [0.15, 0.2) is 0 Å². The Hall–Kier alpha value is -1.15. The van der Waals surface area contributed by atoms with Gasteiger partial charge in [-0.05, 0) is 19.3 Å². The molecule has 19 heavy (non-hydrogen) atoms. The quantitative estimate of drug-likeness (QED) is 0.639. The molecule has 2 amide bonds. The normalized spacial score (nSPS) is 21.2. The zero-order chi connectivity index (χ0) is 14.6. The fourth-order valence-electron chi connectivity index (χ4n) is 2.15. The van der Waals surface area contributed by atoms with Crippen LogP contribution in [0.4, 0.5) is 0 Å². The SMILES string of the molecule is CNC(=O)C1CCCN1C(=O)C(N)CCS(C)(=O)=O. The van der Waals surface area contributed by atoms with Crippen molar-refractivity contribution in [3.05, 3.63) is 0 Å². The summed E-state index contributed by atoms with van der Waals surface area (Å²) in [4.78, 5) is 25.2. The summed E-state index contributed by atoms with van der Waals surface area (Å²) in [6.07, 6.45) is 2.55. The van der Waals surface area contributed by atoms with Gasteiger partial charge in [0.2, 0.25) is 11.8 Å². The molecule has 0 saturated carbocycles. The van der Waals surface area contributed by atoms with Gasteiger partial charge in [0.1, 0.15) is 15.9 Å². The Balaban J connectivity index is 2.63. The molecule has 2 unspecified atom stereocenters. The average molecular weight is 291 g/mol. The summed E-state index contributed by atoms with van der Waals surface area (Å²) in [5, 5.41) is 2.52. The van der Waals surface area contributed by atoms with E-state index in [-0.39, 0.29) is 24.0 Å². The van der Waals surface area contributed by atoms with Gasteiger partial charge in [-0.15, -0.1) is 0 Å². The van der Waals surface area contributed by atoms with Crippen LogP contribution in [0.3, 0.4) is 0 Å². The maximum absolute atomic E-state index is 12.1. The standard InChI is InChI=1S/C11H21N3O4S/c1-13-10(15)9-4-3-6-14(9)11(16)8(12)5-7-19(2,17)18/h8-9H,3-7,12H2,1-2H3,(H,13,15). The number of carbonyl (C=O) groups excluding carboxylic acids is 2. The molecule has 1 heterocycles. The zero-order valence-electron chi connectivity index (χ0n) is 11.3. The predicted molar refractivity (Wildman–Crippen MR) is 71.1 cm³/mol. The van der Waals surface area contributed by atoms with Crippen LogP contribution in [0, 0.1) is 0 Å². The van der Waals surface area contributed by atoms with Crippen molar-refractivity contribution in [1.82, 2.24) is 10.2 Å². The second-order valence-electron chi connectivity index (χ2n) is 4.83. The molecule has 1 saturated heterocycles. The molecule has 0 bridgehead atoms. The van der Waals surface area contributed by atoms with Crippen LogP contribution >= 0.6 is 0 Å². The molecule has 0 spiro atoms. The van der Waals surface area contributed by atoms with Crippen LogP contribution in [-0.2, 0) is 19.4 Å². The Morgan fingerprint density at radius 2 is 2.11 bits per heavy atom. The van der Waals surface area contributed by atoms with E-state index >= 15 is 0 Å². The van der Waals surface area contributed by atoms with Crippen LogP contribution in [0.15, 0.2) is 0 Å². The Bertz CT molecular complexity index is 449. The third-order valence-electron chi connectivity index (χ3n) is 3.20. The highest BCUT2D eigenvalue weighted by Gasteiger charge is 2.35. The van der Waals surface area contributed by atoms with Gasteiger partial charge >= 0.3 is 0 Å². The molecule has 3 N–H and O–H groups in total. The summed E-state index contributed by atoms with van der Waals surface area (Å²) >= 11 is 0. The second kappa shape index (κ2) is 6.33. The third kappa shape index (κ3) is 4.46. The van der Waals surface area contributed by atoms with Gasteiger partial charge in [-0.25, -0.2) is 8.42 Å². The lowest BCUT2D eigenvalue weighted by molar-refractivity contribution is -0.139. The van der Waals surface area contributed by atoms with Crippen molar-refractivity contribution in [3.63, 3.8) is 0 Å². The van der Waals surface area contributed by atoms with Crippen LogP contribution in [0.5, 0.6) is 0 Å². The summed E-state index contributed by atoms with van der Waals surface area (Å²) in [6, 6.07) is -1.36. The number of hydrogen-bond donors (Lipinski definition) is 2. The van der Waals surface area contributed by atoms with Crippen LogP contribution in [0.2, 0.25) is 0 Å². The lowest BCUT2D eigenvalue weighted by Crippen LogP contribution is -2.51. The Morgan fingerprint density at radius 1 is 1.47 bits per heavy atom. The average Bonchev–Trinajstić information content (AvgIpc) is 2.82. The summed E-state index contributed by atoms with van der Waals surface area (Å²) in [5.41, 5.74) is 5.72. The van der Waals surface area contributed by atoms with Gasteiger partial charge < -0.3 is 16.0 Å². The lowest BCUT2D eigenvalue weighted by atomic mass is 10.1. The third-order valence-corrected chi connectivity index (χ3v) is 4.18. The second-order valence-corrected chi connectivity index (χ2v) is 7.09. The van der Waals surface area contributed by atoms with Crippen molar-refractivity contribution < 1.29 is 18.0 Å². The highest BCUT2D eigenvalue weighted by atomic mass is 32.2. The number of carbonyl (C=O) groups is 2. The molecule has 1 rings (SSSR count). The van der Waals surface area contributed by atoms with Gasteiger partial charge in [-0.3, -0.25) is 9.59 Å². The molecular formula is C11H21N3O4S. The van der Waals surface area contributed by atoms with E-state index in [0.717, 1.165) is 12.7 Å². The number of amides is 2. The van der Waals surface area contributed by atoms with E-state index in [1.165, 1.54) is 11.9 Å². The van der Waals surface area contributed by atoms with Crippen LogP contribution in [0.1, 0.15) is 19.3 Å². The first-order valence-electron chi connectivity index (χ1n) is 6.21.